The third kappa shape index (κ3) is 5.03. The van der Waals surface area contributed by atoms with Gasteiger partial charge in [-0.05, 0) is 23.7 Å². The largest absolute Gasteiger partial charge is 0.126 e. The van der Waals surface area contributed by atoms with Crippen LogP contribution in [-0.4, -0.2) is 5.88 Å². The average molecular weight is 191 g/mol. The molecule has 0 rings (SSSR count). The van der Waals surface area contributed by atoms with Crippen LogP contribution in [0.25, 0.3) is 0 Å². The molecule has 0 aromatic heterocycles. The Balaban J connectivity index is 3.82. The summed E-state index contributed by atoms with van der Waals surface area (Å²) in [6.45, 7) is 11.4. The van der Waals surface area contributed by atoms with Crippen LogP contribution in [0.15, 0.2) is 0 Å². The van der Waals surface area contributed by atoms with Crippen molar-refractivity contribution in [3.63, 3.8) is 0 Å². The topological polar surface area (TPSA) is 0 Å². The van der Waals surface area contributed by atoms with Gasteiger partial charge in [0.25, 0.3) is 0 Å². The summed E-state index contributed by atoms with van der Waals surface area (Å²) in [4.78, 5) is 0. The van der Waals surface area contributed by atoms with Crippen molar-refractivity contribution in [3.8, 4) is 0 Å². The van der Waals surface area contributed by atoms with Crippen molar-refractivity contribution in [1.29, 1.82) is 0 Å². The molecule has 0 atom stereocenters. The smallest absolute Gasteiger partial charge is 0.0274 e. The Labute approximate surface area is 82.7 Å². The molecule has 0 saturated carbocycles. The first-order chi connectivity index (χ1) is 5.33. The minimum Gasteiger partial charge on any atom is -0.126 e. The quantitative estimate of drug-likeness (QED) is 0.562. The summed E-state index contributed by atoms with van der Waals surface area (Å²) in [5.41, 5.74) is 0.803. The summed E-state index contributed by atoms with van der Waals surface area (Å²) < 4.78 is 0. The van der Waals surface area contributed by atoms with Crippen molar-refractivity contribution in [2.24, 2.45) is 10.8 Å². The van der Waals surface area contributed by atoms with Crippen LogP contribution in [0.2, 0.25) is 0 Å². The molecule has 0 radical (unpaired) electrons. The highest BCUT2D eigenvalue weighted by molar-refractivity contribution is 6.18. The number of halogens is 1. The lowest BCUT2D eigenvalue weighted by atomic mass is 9.78. The van der Waals surface area contributed by atoms with Crippen LogP contribution < -0.4 is 0 Å². The lowest BCUT2D eigenvalue weighted by molar-refractivity contribution is 0.250. The third-order valence-corrected chi connectivity index (χ3v) is 3.52. The van der Waals surface area contributed by atoms with Crippen LogP contribution in [0.4, 0.5) is 0 Å². The van der Waals surface area contributed by atoms with E-state index < -0.39 is 0 Å². The fourth-order valence-corrected chi connectivity index (χ4v) is 1.05. The van der Waals surface area contributed by atoms with E-state index in [0.717, 1.165) is 5.88 Å². The zero-order valence-corrected chi connectivity index (χ0v) is 9.96. The van der Waals surface area contributed by atoms with Crippen LogP contribution in [0, 0.1) is 10.8 Å². The molecule has 0 bridgehead atoms. The maximum absolute atomic E-state index is 5.87. The summed E-state index contributed by atoms with van der Waals surface area (Å²) in [7, 11) is 0. The van der Waals surface area contributed by atoms with Crippen molar-refractivity contribution in [2.45, 2.75) is 53.9 Å². The molecule has 0 N–H and O–H groups in total. The van der Waals surface area contributed by atoms with E-state index in [9.17, 15) is 0 Å². The molecule has 0 fully saturated rings. The SMILES string of the molecule is CCC(C)(C)CCC(C)(C)CCl. The molecule has 0 aliphatic heterocycles. The fraction of sp³-hybridized carbons (Fsp3) is 1.00. The first kappa shape index (κ1) is 12.3. The highest BCUT2D eigenvalue weighted by Crippen LogP contribution is 2.33. The molecule has 0 aliphatic carbocycles. The molecular weight excluding hydrogens is 168 g/mol. The lowest BCUT2D eigenvalue weighted by Gasteiger charge is -2.28. The molecule has 12 heavy (non-hydrogen) atoms. The van der Waals surface area contributed by atoms with E-state index in [-0.39, 0.29) is 0 Å². The van der Waals surface area contributed by atoms with E-state index in [0.29, 0.717) is 10.8 Å². The summed E-state index contributed by atoms with van der Waals surface area (Å²) in [6, 6.07) is 0. The van der Waals surface area contributed by atoms with Gasteiger partial charge in [-0.25, -0.2) is 0 Å². The van der Waals surface area contributed by atoms with E-state index in [1.165, 1.54) is 19.3 Å². The normalized spacial score (nSPS) is 13.5. The number of hydrogen-bond donors (Lipinski definition) is 0. The van der Waals surface area contributed by atoms with Crippen molar-refractivity contribution in [1.82, 2.24) is 0 Å². The summed E-state index contributed by atoms with van der Waals surface area (Å²) in [6.07, 6.45) is 3.77. The van der Waals surface area contributed by atoms with Crippen molar-refractivity contribution in [3.05, 3.63) is 0 Å². The zero-order valence-electron chi connectivity index (χ0n) is 9.21. The van der Waals surface area contributed by atoms with Gasteiger partial charge < -0.3 is 0 Å². The molecule has 0 aromatic carbocycles. The molecule has 0 unspecified atom stereocenters. The molecular formula is C11H23Cl. The van der Waals surface area contributed by atoms with Gasteiger partial charge >= 0.3 is 0 Å². The summed E-state index contributed by atoms with van der Waals surface area (Å²) in [5, 5.41) is 0. The first-order valence-corrected chi connectivity index (χ1v) is 5.42. The monoisotopic (exact) mass is 190 g/mol. The minimum absolute atomic E-state index is 0.313. The van der Waals surface area contributed by atoms with Crippen molar-refractivity contribution >= 4 is 11.6 Å². The Kier molecular flexibility index (Phi) is 4.61. The predicted molar refractivity (Wildman–Crippen MR) is 57.8 cm³/mol. The third-order valence-electron chi connectivity index (χ3n) is 2.80. The maximum atomic E-state index is 5.87. The Bertz CT molecular complexity index is 109. The van der Waals surface area contributed by atoms with E-state index in [1.54, 1.807) is 0 Å². The molecule has 0 aliphatic rings. The highest BCUT2D eigenvalue weighted by Gasteiger charge is 2.22. The average Bonchev–Trinajstić information content (AvgIpc) is 2.02. The Morgan fingerprint density at radius 3 is 1.67 bits per heavy atom. The minimum atomic E-state index is 0.313. The van der Waals surface area contributed by atoms with Gasteiger partial charge in [0, 0.05) is 5.88 Å². The summed E-state index contributed by atoms with van der Waals surface area (Å²) >= 11 is 5.87. The van der Waals surface area contributed by atoms with Crippen LogP contribution in [0.3, 0.4) is 0 Å². The predicted octanol–water partition coefficient (Wildman–Crippen LogP) is 4.47. The van der Waals surface area contributed by atoms with E-state index in [4.69, 9.17) is 11.6 Å². The second kappa shape index (κ2) is 4.50. The molecule has 0 aromatic rings. The number of hydrogen-bond acceptors (Lipinski definition) is 0. The van der Waals surface area contributed by atoms with Gasteiger partial charge in [-0.3, -0.25) is 0 Å². The molecule has 0 saturated heterocycles. The van der Waals surface area contributed by atoms with E-state index in [1.807, 2.05) is 0 Å². The molecule has 0 amide bonds. The van der Waals surface area contributed by atoms with Crippen molar-refractivity contribution in [2.75, 3.05) is 5.88 Å². The molecule has 0 spiro atoms. The fourth-order valence-electron chi connectivity index (χ4n) is 0.920. The molecule has 74 valence electrons. The lowest BCUT2D eigenvalue weighted by Crippen LogP contribution is -2.18. The van der Waals surface area contributed by atoms with Crippen LogP contribution >= 0.6 is 11.6 Å². The Hall–Kier alpha value is 0.290. The van der Waals surface area contributed by atoms with Gasteiger partial charge in [0.15, 0.2) is 0 Å². The van der Waals surface area contributed by atoms with Crippen LogP contribution in [0.1, 0.15) is 53.9 Å². The van der Waals surface area contributed by atoms with Gasteiger partial charge in [0.2, 0.25) is 0 Å². The van der Waals surface area contributed by atoms with Gasteiger partial charge in [-0.1, -0.05) is 41.0 Å². The first-order valence-electron chi connectivity index (χ1n) is 4.89. The molecule has 1 heteroatoms. The maximum Gasteiger partial charge on any atom is 0.0274 e. The second-order valence-corrected chi connectivity index (χ2v) is 5.58. The van der Waals surface area contributed by atoms with Crippen LogP contribution in [0.5, 0.6) is 0 Å². The second-order valence-electron chi connectivity index (χ2n) is 5.32. The Morgan fingerprint density at radius 1 is 0.917 bits per heavy atom. The van der Waals surface area contributed by atoms with E-state index in [2.05, 4.69) is 34.6 Å². The van der Waals surface area contributed by atoms with E-state index >= 15 is 0 Å². The van der Waals surface area contributed by atoms with Crippen LogP contribution in [-0.2, 0) is 0 Å². The summed E-state index contributed by atoms with van der Waals surface area (Å²) in [5.74, 6) is 0.771. The highest BCUT2D eigenvalue weighted by atomic mass is 35.5. The Morgan fingerprint density at radius 2 is 1.33 bits per heavy atom. The van der Waals surface area contributed by atoms with Crippen molar-refractivity contribution < 1.29 is 0 Å². The number of alkyl halides is 1. The zero-order chi connectivity index (χ0) is 9.83. The standard InChI is InChI=1S/C11H23Cl/c1-6-10(2,3)7-8-11(4,5)9-12/h6-9H2,1-5H3. The van der Waals surface area contributed by atoms with Gasteiger partial charge in [0.05, 0.1) is 0 Å². The van der Waals surface area contributed by atoms with Gasteiger partial charge in [-0.15, -0.1) is 11.6 Å². The number of rotatable bonds is 5. The molecule has 0 nitrogen and oxygen atoms in total. The molecule has 0 heterocycles. The van der Waals surface area contributed by atoms with Gasteiger partial charge in [-0.2, -0.15) is 0 Å². The van der Waals surface area contributed by atoms with Gasteiger partial charge in [0.1, 0.15) is 0 Å².